The molecule has 1 aromatic heterocycles. The summed E-state index contributed by atoms with van der Waals surface area (Å²) in [7, 11) is 0. The van der Waals surface area contributed by atoms with Crippen molar-refractivity contribution in [2.75, 3.05) is 13.1 Å². The number of amides is 2. The quantitative estimate of drug-likeness (QED) is 0.792. The Morgan fingerprint density at radius 3 is 2.77 bits per heavy atom. The molecule has 2 N–H and O–H groups in total. The first-order chi connectivity index (χ1) is 14.3. The molecule has 7 nitrogen and oxygen atoms in total. The second-order valence-corrected chi connectivity index (χ2v) is 7.42. The third-order valence-electron chi connectivity index (χ3n) is 5.46. The van der Waals surface area contributed by atoms with Crippen molar-refractivity contribution in [1.82, 2.24) is 14.8 Å². The Labute approximate surface area is 168 Å². The van der Waals surface area contributed by atoms with Crippen LogP contribution in [0.4, 0.5) is 13.2 Å². The molecule has 1 fully saturated rings. The monoisotopic (exact) mass is 421 g/mol. The third kappa shape index (κ3) is 3.42. The Morgan fingerprint density at radius 2 is 2.03 bits per heavy atom. The van der Waals surface area contributed by atoms with Gasteiger partial charge in [-0.25, -0.2) is 13.2 Å². The van der Waals surface area contributed by atoms with Crippen molar-refractivity contribution in [3.63, 3.8) is 0 Å². The molecule has 158 valence electrons. The highest BCUT2D eigenvalue weighted by Crippen LogP contribution is 2.32. The number of aromatic hydroxyl groups is 1. The van der Waals surface area contributed by atoms with Crippen molar-refractivity contribution >= 4 is 11.8 Å². The highest BCUT2D eigenvalue weighted by Gasteiger charge is 2.38. The molecule has 30 heavy (non-hydrogen) atoms. The maximum atomic E-state index is 14.1. The van der Waals surface area contributed by atoms with Crippen LogP contribution in [0.2, 0.25) is 0 Å². The molecule has 2 atom stereocenters. The first-order valence-electron chi connectivity index (χ1n) is 9.40. The molecule has 2 amide bonds. The number of benzene rings is 1. The fourth-order valence-corrected chi connectivity index (χ4v) is 3.88. The third-order valence-corrected chi connectivity index (χ3v) is 5.46. The molecule has 1 aromatic carbocycles. The van der Waals surface area contributed by atoms with Gasteiger partial charge in [-0.2, -0.15) is 0 Å². The number of carbonyl (C=O) groups is 2. The lowest BCUT2D eigenvalue weighted by Gasteiger charge is -2.34. The predicted molar refractivity (Wildman–Crippen MR) is 99.0 cm³/mol. The number of hydrogen-bond acceptors (Lipinski definition) is 4. The molecule has 0 saturated carbocycles. The first kappa shape index (κ1) is 20.0. The number of pyridine rings is 1. The fraction of sp³-hybridized carbons (Fsp3) is 0.350. The lowest BCUT2D eigenvalue weighted by Crippen LogP contribution is -2.44. The number of fused-ring (bicyclic) bond motifs is 4. The number of hydrogen-bond donors (Lipinski definition) is 2. The zero-order valence-electron chi connectivity index (χ0n) is 15.7. The summed E-state index contributed by atoms with van der Waals surface area (Å²) >= 11 is 0. The fourth-order valence-electron chi connectivity index (χ4n) is 3.88. The smallest absolute Gasteiger partial charge is 0.274 e. The Kier molecular flexibility index (Phi) is 5.00. The Morgan fingerprint density at radius 1 is 1.27 bits per heavy atom. The van der Waals surface area contributed by atoms with Gasteiger partial charge in [-0.05, 0) is 12.5 Å². The van der Waals surface area contributed by atoms with Crippen molar-refractivity contribution in [2.24, 2.45) is 0 Å². The molecule has 2 bridgehead atoms. The van der Waals surface area contributed by atoms with Crippen molar-refractivity contribution in [2.45, 2.75) is 31.6 Å². The number of aromatic nitrogens is 1. The molecule has 10 heteroatoms. The van der Waals surface area contributed by atoms with Crippen LogP contribution in [0.5, 0.6) is 5.75 Å². The van der Waals surface area contributed by atoms with Crippen molar-refractivity contribution in [3.8, 4) is 5.75 Å². The normalized spacial score (nSPS) is 20.5. The van der Waals surface area contributed by atoms with E-state index in [1.54, 1.807) is 0 Å². The van der Waals surface area contributed by atoms with Crippen LogP contribution >= 0.6 is 0 Å². The van der Waals surface area contributed by atoms with Gasteiger partial charge in [-0.15, -0.1) is 0 Å². The Bertz CT molecular complexity index is 1100. The minimum absolute atomic E-state index is 0.00175. The summed E-state index contributed by atoms with van der Waals surface area (Å²) in [5.74, 6) is -4.02. The average molecular weight is 421 g/mol. The van der Waals surface area contributed by atoms with E-state index in [-0.39, 0.29) is 43.7 Å². The van der Waals surface area contributed by atoms with Crippen molar-refractivity contribution in [3.05, 3.63) is 63.1 Å². The van der Waals surface area contributed by atoms with Gasteiger partial charge in [0.15, 0.2) is 11.4 Å². The largest absolute Gasteiger partial charge is 0.503 e. The van der Waals surface area contributed by atoms with Gasteiger partial charge in [0.2, 0.25) is 5.43 Å². The second-order valence-electron chi connectivity index (χ2n) is 7.42. The Hall–Kier alpha value is -3.30. The lowest BCUT2D eigenvalue weighted by molar-refractivity contribution is 0.0677. The highest BCUT2D eigenvalue weighted by molar-refractivity contribution is 5.99. The minimum Gasteiger partial charge on any atom is -0.503 e. The molecule has 0 unspecified atom stereocenters. The van der Waals surface area contributed by atoms with E-state index in [0.29, 0.717) is 6.07 Å². The van der Waals surface area contributed by atoms with Crippen LogP contribution in [0, 0.1) is 11.6 Å². The van der Waals surface area contributed by atoms with Crippen LogP contribution in [0.25, 0.3) is 0 Å². The summed E-state index contributed by atoms with van der Waals surface area (Å²) in [5, 5.41) is 12.7. The van der Waals surface area contributed by atoms with Crippen LogP contribution < -0.4 is 10.7 Å². The van der Waals surface area contributed by atoms with E-state index in [0.717, 1.165) is 18.3 Å². The average Bonchev–Trinajstić information content (AvgIpc) is 2.87. The summed E-state index contributed by atoms with van der Waals surface area (Å²) in [6.07, 6.45) is 0.185. The predicted octanol–water partition coefficient (Wildman–Crippen LogP) is 1.89. The minimum atomic E-state index is -1.17. The number of rotatable bonds is 3. The molecular weight excluding hydrogens is 403 g/mol. The topological polar surface area (TPSA) is 91.6 Å². The zero-order chi connectivity index (χ0) is 21.6. The van der Waals surface area contributed by atoms with Gasteiger partial charge < -0.3 is 19.9 Å². The number of nitrogens with one attached hydrogen (secondary N) is 1. The molecular formula is C20H18F3N3O4. The van der Waals surface area contributed by atoms with Gasteiger partial charge in [-0.1, -0.05) is 6.07 Å². The van der Waals surface area contributed by atoms with Gasteiger partial charge in [-0.3, -0.25) is 14.4 Å². The maximum absolute atomic E-state index is 14.1. The van der Waals surface area contributed by atoms with E-state index in [2.05, 4.69) is 5.32 Å². The van der Waals surface area contributed by atoms with Gasteiger partial charge in [0.25, 0.3) is 11.8 Å². The number of carbonyl (C=O) groups excluding carboxylic acids is 2. The molecule has 2 aromatic rings. The van der Waals surface area contributed by atoms with Crippen LogP contribution in [-0.4, -0.2) is 45.6 Å². The van der Waals surface area contributed by atoms with Gasteiger partial charge in [0, 0.05) is 43.9 Å². The standard InChI is InChI=1S/C20H18F3N3O4/c21-11-2-1-10(15(23)6-11)7-24-19(29)14-9-26-13-5-12(22)3-4-25(8-13)20(30)16(26)18(28)17(14)27/h1-2,6,9,12-13,28H,3-5,7-8H2,(H,24,29)/t12-,13+/m1/s1. The molecule has 2 aliphatic rings. The molecule has 3 heterocycles. The Balaban J connectivity index is 1.67. The van der Waals surface area contributed by atoms with Gasteiger partial charge >= 0.3 is 0 Å². The van der Waals surface area contributed by atoms with Gasteiger partial charge in [0.1, 0.15) is 23.4 Å². The second kappa shape index (κ2) is 7.51. The zero-order valence-corrected chi connectivity index (χ0v) is 15.7. The molecule has 0 aliphatic carbocycles. The highest BCUT2D eigenvalue weighted by atomic mass is 19.1. The van der Waals surface area contributed by atoms with E-state index in [4.69, 9.17) is 0 Å². The molecule has 0 radical (unpaired) electrons. The summed E-state index contributed by atoms with van der Waals surface area (Å²) in [6.45, 7) is 0.0571. The summed E-state index contributed by atoms with van der Waals surface area (Å²) in [4.78, 5) is 39.1. The first-order valence-corrected chi connectivity index (χ1v) is 9.40. The van der Waals surface area contributed by atoms with Crippen LogP contribution in [-0.2, 0) is 6.54 Å². The number of halogens is 3. The summed E-state index contributed by atoms with van der Waals surface area (Å²) in [6, 6.07) is 2.31. The molecule has 4 rings (SSSR count). The molecule has 0 spiro atoms. The van der Waals surface area contributed by atoms with E-state index >= 15 is 0 Å². The van der Waals surface area contributed by atoms with Crippen LogP contribution in [0.15, 0.2) is 29.2 Å². The van der Waals surface area contributed by atoms with E-state index in [1.807, 2.05) is 0 Å². The van der Waals surface area contributed by atoms with Crippen LogP contribution in [0.1, 0.15) is 45.3 Å². The van der Waals surface area contributed by atoms with E-state index in [9.17, 15) is 32.7 Å². The van der Waals surface area contributed by atoms with Crippen molar-refractivity contribution in [1.29, 1.82) is 0 Å². The maximum Gasteiger partial charge on any atom is 0.274 e. The van der Waals surface area contributed by atoms with E-state index in [1.165, 1.54) is 9.47 Å². The van der Waals surface area contributed by atoms with Gasteiger partial charge in [0.05, 0.1) is 6.04 Å². The van der Waals surface area contributed by atoms with Crippen molar-refractivity contribution < 1.29 is 27.9 Å². The van der Waals surface area contributed by atoms with E-state index < -0.39 is 52.4 Å². The summed E-state index contributed by atoms with van der Waals surface area (Å²) < 4.78 is 42.1. The number of alkyl halides is 1. The lowest BCUT2D eigenvalue weighted by atomic mass is 10.0. The molecule has 2 aliphatic heterocycles. The summed E-state index contributed by atoms with van der Waals surface area (Å²) in [5.41, 5.74) is -1.78. The SMILES string of the molecule is O=C(NCc1ccc(F)cc1F)c1cn2c(c(O)c1=O)C(=O)N1CC[C@@H](F)C[C@H]2C1. The number of nitrogens with zero attached hydrogens (tertiary/aromatic N) is 2. The molecule has 1 saturated heterocycles. The van der Waals surface area contributed by atoms with Crippen LogP contribution in [0.3, 0.4) is 0 Å².